The summed E-state index contributed by atoms with van der Waals surface area (Å²) in [4.78, 5) is 29.3. The van der Waals surface area contributed by atoms with Gasteiger partial charge in [0, 0.05) is 44.2 Å². The van der Waals surface area contributed by atoms with E-state index < -0.39 is 0 Å². The number of likely N-dealkylation sites (tertiary alicyclic amines) is 1. The summed E-state index contributed by atoms with van der Waals surface area (Å²) in [6.07, 6.45) is 8.91. The van der Waals surface area contributed by atoms with Crippen molar-refractivity contribution in [3.8, 4) is 0 Å². The summed E-state index contributed by atoms with van der Waals surface area (Å²) >= 11 is 0. The van der Waals surface area contributed by atoms with E-state index in [1.165, 1.54) is 76.9 Å². The lowest BCUT2D eigenvalue weighted by molar-refractivity contribution is -0.134. The normalized spacial score (nSPS) is 26.0. The van der Waals surface area contributed by atoms with E-state index in [9.17, 15) is 9.59 Å². The van der Waals surface area contributed by atoms with Crippen molar-refractivity contribution in [2.24, 2.45) is 18.4 Å². The molecule has 1 aromatic heterocycles. The molecule has 1 aromatic carbocycles. The smallest absolute Gasteiger partial charge is 0.235 e. The van der Waals surface area contributed by atoms with Crippen LogP contribution in [0.2, 0.25) is 0 Å². The monoisotopic (exact) mass is 492 g/mol. The topological polar surface area (TPSA) is 82.5 Å². The highest BCUT2D eigenvalue weighted by molar-refractivity contribution is 6.02. The van der Waals surface area contributed by atoms with Crippen LogP contribution in [0.15, 0.2) is 18.2 Å². The van der Waals surface area contributed by atoms with Crippen LogP contribution in [0.5, 0.6) is 0 Å². The molecule has 6 rings (SSSR count). The minimum absolute atomic E-state index is 0.187. The van der Waals surface area contributed by atoms with Gasteiger partial charge in [-0.15, -0.1) is 0 Å². The highest BCUT2D eigenvalue weighted by Crippen LogP contribution is 2.40. The molecule has 8 nitrogen and oxygen atoms in total. The molecule has 36 heavy (non-hydrogen) atoms. The first kappa shape index (κ1) is 23.9. The maximum absolute atomic E-state index is 12.4. The molecule has 0 saturated carbocycles. The fourth-order valence-corrected chi connectivity index (χ4v) is 7.09. The van der Waals surface area contributed by atoms with Gasteiger partial charge in [-0.2, -0.15) is 5.10 Å². The molecular formula is C28H40N6O2. The fraction of sp³-hybridized carbons (Fsp3) is 0.679. The van der Waals surface area contributed by atoms with E-state index in [0.717, 1.165) is 35.6 Å². The average Bonchev–Trinajstić information content (AvgIpc) is 3.22. The molecule has 4 aliphatic heterocycles. The van der Waals surface area contributed by atoms with Gasteiger partial charge in [-0.1, -0.05) is 0 Å². The Balaban J connectivity index is 1.06. The molecule has 1 spiro atoms. The Kier molecular flexibility index (Phi) is 6.50. The zero-order chi connectivity index (χ0) is 24.7. The van der Waals surface area contributed by atoms with Crippen LogP contribution in [0.1, 0.15) is 63.0 Å². The van der Waals surface area contributed by atoms with E-state index in [0.29, 0.717) is 18.3 Å². The van der Waals surface area contributed by atoms with Crippen molar-refractivity contribution in [2.45, 2.75) is 57.3 Å². The first-order valence-electron chi connectivity index (χ1n) is 14.0. The highest BCUT2D eigenvalue weighted by Gasteiger charge is 2.36. The molecule has 0 aliphatic carbocycles. The Labute approximate surface area is 213 Å². The molecule has 4 aliphatic rings. The van der Waals surface area contributed by atoms with E-state index in [1.807, 2.05) is 11.7 Å². The van der Waals surface area contributed by atoms with Crippen LogP contribution >= 0.6 is 0 Å². The van der Waals surface area contributed by atoms with Crippen molar-refractivity contribution >= 4 is 28.4 Å². The molecular weight excluding hydrogens is 452 g/mol. The van der Waals surface area contributed by atoms with Crippen LogP contribution in [0, 0.1) is 11.3 Å². The molecule has 0 bridgehead atoms. The number of aromatic nitrogens is 2. The van der Waals surface area contributed by atoms with Gasteiger partial charge in [0.2, 0.25) is 11.8 Å². The second-order valence-corrected chi connectivity index (χ2v) is 11.7. The summed E-state index contributed by atoms with van der Waals surface area (Å²) in [5, 5.41) is 11.7. The summed E-state index contributed by atoms with van der Waals surface area (Å²) in [6.45, 7) is 8.44. The number of nitrogens with zero attached hydrogens (tertiary/aromatic N) is 4. The van der Waals surface area contributed by atoms with Gasteiger partial charge in [-0.05, 0) is 101 Å². The highest BCUT2D eigenvalue weighted by atomic mass is 16.2. The summed E-state index contributed by atoms with van der Waals surface area (Å²) in [5.41, 5.74) is 3.71. The molecule has 2 amide bonds. The van der Waals surface area contributed by atoms with Crippen molar-refractivity contribution in [1.82, 2.24) is 25.3 Å². The zero-order valence-electron chi connectivity index (χ0n) is 21.6. The Morgan fingerprint density at radius 3 is 2.47 bits per heavy atom. The Hall–Kier alpha value is -2.45. The first-order chi connectivity index (χ1) is 17.5. The largest absolute Gasteiger partial charge is 0.371 e. The van der Waals surface area contributed by atoms with Gasteiger partial charge in [0.1, 0.15) is 0 Å². The molecule has 4 saturated heterocycles. The van der Waals surface area contributed by atoms with Crippen LogP contribution in [0.25, 0.3) is 10.9 Å². The number of hydrogen-bond acceptors (Lipinski definition) is 6. The van der Waals surface area contributed by atoms with Gasteiger partial charge in [0.05, 0.1) is 17.1 Å². The minimum Gasteiger partial charge on any atom is -0.371 e. The van der Waals surface area contributed by atoms with Gasteiger partial charge in [0.25, 0.3) is 0 Å². The number of rotatable bonds is 4. The number of piperidine rings is 4. The average molecular weight is 493 g/mol. The lowest BCUT2D eigenvalue weighted by atomic mass is 9.71. The number of nitrogens with one attached hydrogen (secondary N) is 2. The maximum Gasteiger partial charge on any atom is 0.235 e. The number of carbonyl (C=O) groups is 2. The third-order valence-electron chi connectivity index (χ3n) is 9.51. The van der Waals surface area contributed by atoms with Crippen molar-refractivity contribution < 1.29 is 9.59 Å². The lowest BCUT2D eigenvalue weighted by Gasteiger charge is -2.45. The van der Waals surface area contributed by atoms with Gasteiger partial charge in [0.15, 0.2) is 0 Å². The molecule has 194 valence electrons. The Morgan fingerprint density at radius 1 is 1.00 bits per heavy atom. The van der Waals surface area contributed by atoms with Crippen LogP contribution < -0.4 is 15.5 Å². The third-order valence-corrected chi connectivity index (χ3v) is 9.51. The SMILES string of the molecule is Cn1nc(C2CCC(=O)NC2=O)c2ccc(N3CCC(CN4CCC5(CCNCC5)CC4)CC3)cc21. The fourth-order valence-electron chi connectivity index (χ4n) is 7.09. The van der Waals surface area contributed by atoms with Crippen molar-refractivity contribution in [3.63, 3.8) is 0 Å². The van der Waals surface area contributed by atoms with E-state index in [4.69, 9.17) is 5.10 Å². The number of benzene rings is 1. The molecule has 2 N–H and O–H groups in total. The second-order valence-electron chi connectivity index (χ2n) is 11.7. The van der Waals surface area contributed by atoms with E-state index in [2.05, 4.69) is 38.6 Å². The van der Waals surface area contributed by atoms with Gasteiger partial charge < -0.3 is 15.1 Å². The second kappa shape index (κ2) is 9.78. The quantitative estimate of drug-likeness (QED) is 0.639. The summed E-state index contributed by atoms with van der Waals surface area (Å²) in [6, 6.07) is 6.52. The van der Waals surface area contributed by atoms with Gasteiger partial charge in [-0.3, -0.25) is 19.6 Å². The van der Waals surface area contributed by atoms with E-state index in [1.54, 1.807) is 0 Å². The van der Waals surface area contributed by atoms with Crippen LogP contribution in [-0.2, 0) is 16.6 Å². The van der Waals surface area contributed by atoms with Gasteiger partial charge >= 0.3 is 0 Å². The number of hydrogen-bond donors (Lipinski definition) is 2. The molecule has 8 heteroatoms. The standard InChI is InChI=1S/C28H40N6O2/c1-32-24-18-21(2-3-22(24)26(31-32)23-4-5-25(35)30-27(23)36)34-14-6-20(7-15-34)19-33-16-10-28(11-17-33)8-12-29-13-9-28/h2-3,18,20,23,29H,4-17,19H2,1H3,(H,30,35,36). The van der Waals surface area contributed by atoms with E-state index >= 15 is 0 Å². The van der Waals surface area contributed by atoms with Crippen molar-refractivity contribution in [2.75, 3.05) is 50.7 Å². The molecule has 5 heterocycles. The van der Waals surface area contributed by atoms with Crippen molar-refractivity contribution in [1.29, 1.82) is 0 Å². The van der Waals surface area contributed by atoms with Gasteiger partial charge in [-0.25, -0.2) is 0 Å². The lowest BCUT2D eigenvalue weighted by Crippen LogP contribution is -2.47. The number of amides is 2. The molecule has 1 atom stereocenters. The third kappa shape index (κ3) is 4.65. The Morgan fingerprint density at radius 2 is 1.75 bits per heavy atom. The van der Waals surface area contributed by atoms with Crippen LogP contribution in [0.3, 0.4) is 0 Å². The minimum atomic E-state index is -0.354. The number of aryl methyl sites for hydroxylation is 1. The zero-order valence-corrected chi connectivity index (χ0v) is 21.6. The predicted octanol–water partition coefficient (Wildman–Crippen LogP) is 2.78. The maximum atomic E-state index is 12.4. The van der Waals surface area contributed by atoms with E-state index in [-0.39, 0.29) is 17.7 Å². The van der Waals surface area contributed by atoms with Crippen LogP contribution in [0.4, 0.5) is 5.69 Å². The number of imide groups is 1. The molecule has 2 aromatic rings. The number of carbonyl (C=O) groups excluding carboxylic acids is 2. The van der Waals surface area contributed by atoms with Crippen LogP contribution in [-0.4, -0.2) is 72.3 Å². The predicted molar refractivity (Wildman–Crippen MR) is 141 cm³/mol. The summed E-state index contributed by atoms with van der Waals surface area (Å²) < 4.78 is 1.89. The van der Waals surface area contributed by atoms with Crippen molar-refractivity contribution in [3.05, 3.63) is 23.9 Å². The number of anilines is 1. The Bertz CT molecular complexity index is 1120. The molecule has 4 fully saturated rings. The first-order valence-corrected chi connectivity index (χ1v) is 14.0. The molecule has 0 radical (unpaired) electrons. The number of fused-ring (bicyclic) bond motifs is 1. The summed E-state index contributed by atoms with van der Waals surface area (Å²) in [7, 11) is 1.94. The molecule has 1 unspecified atom stereocenters. The summed E-state index contributed by atoms with van der Waals surface area (Å²) in [5.74, 6) is 0.0282.